The summed E-state index contributed by atoms with van der Waals surface area (Å²) in [5.74, 6) is -0.983. The molecule has 2 aromatic rings. The normalized spacial score (nSPS) is 11.1. The van der Waals surface area contributed by atoms with Gasteiger partial charge in [0.1, 0.15) is 5.52 Å². The van der Waals surface area contributed by atoms with Crippen LogP contribution in [0.1, 0.15) is 5.56 Å². The molecule has 2 heterocycles. The van der Waals surface area contributed by atoms with E-state index in [1.807, 2.05) is 0 Å². The zero-order chi connectivity index (χ0) is 9.97. The third-order valence-electron chi connectivity index (χ3n) is 1.74. The quantitative estimate of drug-likeness (QED) is 0.692. The van der Waals surface area contributed by atoms with Gasteiger partial charge < -0.3 is 10.1 Å². The molecule has 70 valence electrons. The number of fused-ring (bicyclic) bond motifs is 1. The van der Waals surface area contributed by atoms with Gasteiger partial charge in [0.2, 0.25) is 0 Å². The average molecular weight is 189 g/mol. The first-order chi connectivity index (χ1) is 6.77. The molecule has 5 heteroatoms. The molecule has 0 radical (unpaired) electrons. The summed E-state index contributed by atoms with van der Waals surface area (Å²) in [7, 11) is 0. The van der Waals surface area contributed by atoms with Gasteiger partial charge >= 0.3 is 5.97 Å². The maximum atomic E-state index is 10.3. The smallest absolute Gasteiger partial charge is 0.328 e. The second-order valence-electron chi connectivity index (χ2n) is 2.67. The molecule has 0 aliphatic rings. The minimum absolute atomic E-state index is 0.650. The second kappa shape index (κ2) is 3.29. The molecule has 0 amide bonds. The fourth-order valence-corrected chi connectivity index (χ4v) is 1.16. The second-order valence-corrected chi connectivity index (χ2v) is 2.67. The van der Waals surface area contributed by atoms with Crippen molar-refractivity contribution in [2.24, 2.45) is 0 Å². The van der Waals surface area contributed by atoms with Crippen molar-refractivity contribution in [3.63, 3.8) is 0 Å². The van der Waals surface area contributed by atoms with Crippen LogP contribution in [0.4, 0.5) is 0 Å². The van der Waals surface area contributed by atoms with Crippen molar-refractivity contribution in [2.75, 3.05) is 0 Å². The first kappa shape index (κ1) is 8.43. The van der Waals surface area contributed by atoms with Gasteiger partial charge in [0.15, 0.2) is 5.65 Å². The molecule has 2 rings (SSSR count). The van der Waals surface area contributed by atoms with E-state index in [-0.39, 0.29) is 0 Å². The highest BCUT2D eigenvalue weighted by molar-refractivity contribution is 5.90. The van der Waals surface area contributed by atoms with E-state index in [2.05, 4.69) is 15.0 Å². The summed E-state index contributed by atoms with van der Waals surface area (Å²) in [5.41, 5.74) is 2.04. The molecule has 0 saturated carbocycles. The lowest BCUT2D eigenvalue weighted by Crippen LogP contribution is -1.85. The zero-order valence-corrected chi connectivity index (χ0v) is 7.14. The van der Waals surface area contributed by atoms with E-state index in [0.29, 0.717) is 11.2 Å². The molecule has 0 aliphatic heterocycles. The lowest BCUT2D eigenvalue weighted by atomic mass is 10.3. The van der Waals surface area contributed by atoms with Crippen LogP contribution in [0, 0.1) is 0 Å². The number of carboxylic acids is 1. The number of aromatic amines is 1. The molecule has 0 atom stereocenters. The molecular weight excluding hydrogens is 182 g/mol. The molecule has 0 aliphatic carbocycles. The van der Waals surface area contributed by atoms with E-state index in [9.17, 15) is 4.79 Å². The molecule has 14 heavy (non-hydrogen) atoms. The number of nitrogens with one attached hydrogen (secondary N) is 1. The number of carbonyl (C=O) groups is 1. The summed E-state index contributed by atoms with van der Waals surface area (Å²) >= 11 is 0. The van der Waals surface area contributed by atoms with Crippen LogP contribution in [0.2, 0.25) is 0 Å². The van der Waals surface area contributed by atoms with Crippen LogP contribution in [0.15, 0.2) is 24.7 Å². The monoisotopic (exact) mass is 189 g/mol. The van der Waals surface area contributed by atoms with Gasteiger partial charge in [-0.2, -0.15) is 0 Å². The molecule has 0 bridgehead atoms. The fraction of sp³-hybridized carbons (Fsp3) is 0. The van der Waals surface area contributed by atoms with Gasteiger partial charge in [-0.05, 0) is 6.08 Å². The van der Waals surface area contributed by atoms with Gasteiger partial charge in [0.05, 0.1) is 0 Å². The van der Waals surface area contributed by atoms with Crippen LogP contribution < -0.4 is 0 Å². The van der Waals surface area contributed by atoms with Crippen LogP contribution in [-0.4, -0.2) is 26.0 Å². The lowest BCUT2D eigenvalue weighted by Gasteiger charge is -1.87. The van der Waals surface area contributed by atoms with E-state index in [4.69, 9.17) is 5.11 Å². The molecule has 2 N–H and O–H groups in total. The minimum Gasteiger partial charge on any atom is -0.478 e. The maximum absolute atomic E-state index is 10.3. The summed E-state index contributed by atoms with van der Waals surface area (Å²) in [5, 5.41) is 8.45. The van der Waals surface area contributed by atoms with Crippen LogP contribution >= 0.6 is 0 Å². The van der Waals surface area contributed by atoms with Crippen molar-refractivity contribution < 1.29 is 9.90 Å². The Balaban J connectivity index is 2.48. The Hall–Kier alpha value is -2.17. The topological polar surface area (TPSA) is 78.9 Å². The number of hydrogen-bond donors (Lipinski definition) is 2. The highest BCUT2D eigenvalue weighted by atomic mass is 16.4. The van der Waals surface area contributed by atoms with E-state index >= 15 is 0 Å². The number of aliphatic carboxylic acids is 1. The van der Waals surface area contributed by atoms with Crippen molar-refractivity contribution in [2.45, 2.75) is 0 Å². The Labute approximate surface area is 79.1 Å². The van der Waals surface area contributed by atoms with E-state index in [0.717, 1.165) is 11.6 Å². The van der Waals surface area contributed by atoms with Gasteiger partial charge in [-0.25, -0.2) is 9.78 Å². The summed E-state index contributed by atoms with van der Waals surface area (Å²) in [6.07, 6.45) is 7.36. The van der Waals surface area contributed by atoms with Crippen molar-refractivity contribution >= 4 is 23.2 Å². The van der Waals surface area contributed by atoms with Gasteiger partial charge in [-0.3, -0.25) is 4.98 Å². The third-order valence-corrected chi connectivity index (χ3v) is 1.74. The highest BCUT2D eigenvalue weighted by Gasteiger charge is 2.01. The molecule has 0 fully saturated rings. The Morgan fingerprint density at radius 3 is 3.00 bits per heavy atom. The molecule has 0 unspecified atom stereocenters. The largest absolute Gasteiger partial charge is 0.478 e. The lowest BCUT2D eigenvalue weighted by molar-refractivity contribution is -0.131. The molecular formula is C9H7N3O2. The van der Waals surface area contributed by atoms with Crippen LogP contribution in [-0.2, 0) is 4.79 Å². The van der Waals surface area contributed by atoms with Gasteiger partial charge in [-0.15, -0.1) is 0 Å². The van der Waals surface area contributed by atoms with Crippen LogP contribution in [0.3, 0.4) is 0 Å². The van der Waals surface area contributed by atoms with Gasteiger partial charge in [0.25, 0.3) is 0 Å². The molecule has 0 aromatic carbocycles. The van der Waals surface area contributed by atoms with Crippen molar-refractivity contribution in [3.05, 3.63) is 30.2 Å². The molecule has 0 spiro atoms. The first-order valence-corrected chi connectivity index (χ1v) is 3.96. The number of nitrogens with zero attached hydrogens (tertiary/aromatic N) is 2. The van der Waals surface area contributed by atoms with E-state index in [1.165, 1.54) is 6.08 Å². The number of rotatable bonds is 2. The number of hydrogen-bond acceptors (Lipinski definition) is 3. The SMILES string of the molecule is O=C(O)/C=C\c1c[nH]c2nccnc12. The number of H-pyrrole nitrogens is 1. The molecule has 2 aromatic heterocycles. The summed E-state index contributed by atoms with van der Waals surface area (Å²) < 4.78 is 0. The number of aromatic nitrogens is 3. The third kappa shape index (κ3) is 1.47. The Morgan fingerprint density at radius 2 is 2.21 bits per heavy atom. The average Bonchev–Trinajstić information content (AvgIpc) is 2.58. The van der Waals surface area contributed by atoms with Crippen molar-refractivity contribution in [3.8, 4) is 0 Å². The summed E-state index contributed by atoms with van der Waals surface area (Å²) in [4.78, 5) is 21.3. The Bertz CT molecular complexity index is 501. The Kier molecular flexibility index (Phi) is 1.98. The standard InChI is InChI=1S/C9H7N3O2/c13-7(14)2-1-6-5-12-9-8(6)10-3-4-11-9/h1-5H,(H,11,12)(H,13,14)/b2-1-. The first-order valence-electron chi connectivity index (χ1n) is 3.96. The number of carboxylic acid groups (broad SMARTS) is 1. The van der Waals surface area contributed by atoms with Crippen molar-refractivity contribution in [1.29, 1.82) is 0 Å². The van der Waals surface area contributed by atoms with Crippen molar-refractivity contribution in [1.82, 2.24) is 15.0 Å². The molecule has 0 saturated heterocycles. The van der Waals surface area contributed by atoms with E-state index in [1.54, 1.807) is 18.6 Å². The predicted molar refractivity (Wildman–Crippen MR) is 50.6 cm³/mol. The minimum atomic E-state index is -0.983. The molecule has 5 nitrogen and oxygen atoms in total. The van der Waals surface area contributed by atoms with Gasteiger partial charge in [0, 0.05) is 30.2 Å². The Morgan fingerprint density at radius 1 is 1.43 bits per heavy atom. The predicted octanol–water partition coefficient (Wildman–Crippen LogP) is 1.06. The maximum Gasteiger partial charge on any atom is 0.328 e. The van der Waals surface area contributed by atoms with Crippen LogP contribution in [0.5, 0.6) is 0 Å². The van der Waals surface area contributed by atoms with Gasteiger partial charge in [-0.1, -0.05) is 0 Å². The summed E-state index contributed by atoms with van der Waals surface area (Å²) in [6, 6.07) is 0. The summed E-state index contributed by atoms with van der Waals surface area (Å²) in [6.45, 7) is 0. The van der Waals surface area contributed by atoms with Crippen LogP contribution in [0.25, 0.3) is 17.2 Å². The zero-order valence-electron chi connectivity index (χ0n) is 7.14. The highest BCUT2D eigenvalue weighted by Crippen LogP contribution is 2.13. The van der Waals surface area contributed by atoms with E-state index < -0.39 is 5.97 Å². The fourth-order valence-electron chi connectivity index (χ4n) is 1.16.